The molecule has 0 atom stereocenters. The number of carbonyl (C=O) groups excluding carboxylic acids is 1. The molecule has 3 heteroatoms. The monoisotopic (exact) mass is 318 g/mol. The van der Waals surface area contributed by atoms with E-state index in [0.29, 0.717) is 17.7 Å². The summed E-state index contributed by atoms with van der Waals surface area (Å²) in [5.41, 5.74) is 1.72. The van der Waals surface area contributed by atoms with Crippen molar-refractivity contribution in [3.05, 3.63) is 58.1 Å². The van der Waals surface area contributed by atoms with E-state index in [-0.39, 0.29) is 5.78 Å². The number of carbonyl (C=O) groups is 1. The van der Waals surface area contributed by atoms with Gasteiger partial charge in [-0.05, 0) is 42.8 Å². The first-order valence-corrected chi connectivity index (χ1v) is 6.97. The van der Waals surface area contributed by atoms with Crippen LogP contribution in [0.3, 0.4) is 0 Å². The van der Waals surface area contributed by atoms with Crippen LogP contribution in [0.15, 0.2) is 46.9 Å². The first-order chi connectivity index (χ1) is 9.11. The fourth-order valence-electron chi connectivity index (χ4n) is 1.78. The van der Waals surface area contributed by atoms with Crippen LogP contribution in [0.5, 0.6) is 11.5 Å². The molecule has 0 unspecified atom stereocenters. The van der Waals surface area contributed by atoms with Crippen LogP contribution in [0, 0.1) is 6.92 Å². The second kappa shape index (κ2) is 6.02. The van der Waals surface area contributed by atoms with E-state index in [0.717, 1.165) is 15.8 Å². The number of Topliss-reactive ketones (excluding diaryl/α,β-unsaturated/α-hetero) is 1. The molecule has 2 aromatic rings. The summed E-state index contributed by atoms with van der Waals surface area (Å²) in [4.78, 5) is 11.9. The Balaban J connectivity index is 2.32. The lowest BCUT2D eigenvalue weighted by molar-refractivity contribution is 0.0986. The Morgan fingerprint density at radius 2 is 1.95 bits per heavy atom. The average molecular weight is 319 g/mol. The molecule has 0 saturated carbocycles. The van der Waals surface area contributed by atoms with Gasteiger partial charge in [0.2, 0.25) is 0 Å². The third-order valence-corrected chi connectivity index (χ3v) is 3.76. The van der Waals surface area contributed by atoms with Crippen LogP contribution in [0.4, 0.5) is 0 Å². The molecule has 2 aromatic carbocycles. The van der Waals surface area contributed by atoms with Gasteiger partial charge >= 0.3 is 0 Å². The molecule has 0 aliphatic carbocycles. The van der Waals surface area contributed by atoms with Crippen molar-refractivity contribution < 1.29 is 9.53 Å². The minimum atomic E-state index is 0.0874. The zero-order valence-corrected chi connectivity index (χ0v) is 12.5. The van der Waals surface area contributed by atoms with E-state index < -0.39 is 0 Å². The molecule has 0 aliphatic rings. The van der Waals surface area contributed by atoms with Gasteiger partial charge in [-0.3, -0.25) is 4.79 Å². The van der Waals surface area contributed by atoms with Gasteiger partial charge in [-0.15, -0.1) is 0 Å². The predicted octanol–water partition coefficient (Wildman–Crippen LogP) is 5.14. The van der Waals surface area contributed by atoms with Gasteiger partial charge in [-0.25, -0.2) is 0 Å². The van der Waals surface area contributed by atoms with Gasteiger partial charge in [-0.2, -0.15) is 0 Å². The van der Waals surface area contributed by atoms with Crippen molar-refractivity contribution in [3.8, 4) is 11.5 Å². The summed E-state index contributed by atoms with van der Waals surface area (Å²) in [7, 11) is 0. The van der Waals surface area contributed by atoms with Crippen LogP contribution in [0.1, 0.15) is 29.3 Å². The highest BCUT2D eigenvalue weighted by molar-refractivity contribution is 9.10. The van der Waals surface area contributed by atoms with Crippen molar-refractivity contribution in [3.63, 3.8) is 0 Å². The Labute approximate surface area is 121 Å². The summed E-state index contributed by atoms with van der Waals surface area (Å²) < 4.78 is 6.87. The molecule has 0 saturated heterocycles. The summed E-state index contributed by atoms with van der Waals surface area (Å²) in [5, 5.41) is 0. The van der Waals surface area contributed by atoms with Crippen molar-refractivity contribution in [2.24, 2.45) is 0 Å². The Bertz CT molecular complexity index is 605. The zero-order valence-electron chi connectivity index (χ0n) is 10.9. The summed E-state index contributed by atoms with van der Waals surface area (Å²) in [6.45, 7) is 3.85. The summed E-state index contributed by atoms with van der Waals surface area (Å²) in [6, 6.07) is 13.1. The van der Waals surface area contributed by atoms with Gasteiger partial charge in [0.15, 0.2) is 5.78 Å². The van der Waals surface area contributed by atoms with Gasteiger partial charge in [0.25, 0.3) is 0 Å². The lowest BCUT2D eigenvalue weighted by Gasteiger charge is -2.10. The first kappa shape index (κ1) is 13.8. The van der Waals surface area contributed by atoms with Crippen LogP contribution >= 0.6 is 15.9 Å². The molecule has 2 nitrogen and oxygen atoms in total. The van der Waals surface area contributed by atoms with Gasteiger partial charge in [0, 0.05) is 10.9 Å². The van der Waals surface area contributed by atoms with E-state index in [1.54, 1.807) is 6.07 Å². The molecule has 0 aliphatic heterocycles. The highest BCUT2D eigenvalue weighted by Crippen LogP contribution is 2.28. The number of aryl methyl sites for hydroxylation is 1. The Morgan fingerprint density at radius 3 is 2.63 bits per heavy atom. The minimum Gasteiger partial charge on any atom is -0.457 e. The van der Waals surface area contributed by atoms with Crippen molar-refractivity contribution in [2.45, 2.75) is 20.3 Å². The number of halogens is 1. The van der Waals surface area contributed by atoms with E-state index in [1.807, 2.05) is 50.2 Å². The van der Waals surface area contributed by atoms with Crippen LogP contribution in [-0.4, -0.2) is 5.78 Å². The maximum Gasteiger partial charge on any atom is 0.166 e. The fraction of sp³-hybridized carbons (Fsp3) is 0.188. The molecule has 0 N–H and O–H groups in total. The van der Waals surface area contributed by atoms with E-state index in [1.165, 1.54) is 0 Å². The van der Waals surface area contributed by atoms with Gasteiger partial charge in [0.1, 0.15) is 11.5 Å². The van der Waals surface area contributed by atoms with Crippen molar-refractivity contribution >= 4 is 21.7 Å². The molecule has 0 aromatic heterocycles. The molecular formula is C16H15BrO2. The summed E-state index contributed by atoms with van der Waals surface area (Å²) >= 11 is 3.45. The second-order valence-electron chi connectivity index (χ2n) is 4.29. The molecular weight excluding hydrogens is 304 g/mol. The molecule has 0 heterocycles. The zero-order chi connectivity index (χ0) is 13.8. The van der Waals surface area contributed by atoms with Crippen LogP contribution in [0.25, 0.3) is 0 Å². The molecule has 0 bridgehead atoms. The number of hydrogen-bond donors (Lipinski definition) is 0. The number of ether oxygens (including phenoxy) is 1. The van der Waals surface area contributed by atoms with Crippen LogP contribution in [0.2, 0.25) is 0 Å². The predicted molar refractivity (Wildman–Crippen MR) is 80.0 cm³/mol. The van der Waals surface area contributed by atoms with Gasteiger partial charge in [0.05, 0.1) is 5.56 Å². The lowest BCUT2D eigenvalue weighted by Crippen LogP contribution is -1.99. The van der Waals surface area contributed by atoms with Crippen molar-refractivity contribution in [1.82, 2.24) is 0 Å². The Hall–Kier alpha value is -1.61. The number of rotatable bonds is 4. The topological polar surface area (TPSA) is 26.3 Å². The number of ketones is 1. The SMILES string of the molecule is CCC(=O)c1ccccc1Oc1ccc(Br)c(C)c1. The summed E-state index contributed by atoms with van der Waals surface area (Å²) in [6.07, 6.45) is 0.472. The molecule has 0 radical (unpaired) electrons. The maximum absolute atomic E-state index is 11.9. The fourth-order valence-corrected chi connectivity index (χ4v) is 2.03. The first-order valence-electron chi connectivity index (χ1n) is 6.18. The number of para-hydroxylation sites is 1. The number of hydrogen-bond acceptors (Lipinski definition) is 2. The standard InChI is InChI=1S/C16H15BrO2/c1-3-15(18)13-6-4-5-7-16(13)19-12-8-9-14(17)11(2)10-12/h4-10H,3H2,1-2H3. The van der Waals surface area contributed by atoms with Crippen molar-refractivity contribution in [2.75, 3.05) is 0 Å². The molecule has 2 rings (SSSR count). The van der Waals surface area contributed by atoms with E-state index >= 15 is 0 Å². The number of benzene rings is 2. The summed E-state index contributed by atoms with van der Waals surface area (Å²) in [5.74, 6) is 1.43. The lowest BCUT2D eigenvalue weighted by atomic mass is 10.1. The van der Waals surface area contributed by atoms with Gasteiger partial charge in [-0.1, -0.05) is 35.0 Å². The largest absolute Gasteiger partial charge is 0.457 e. The quantitative estimate of drug-likeness (QED) is 0.729. The molecule has 0 spiro atoms. The second-order valence-corrected chi connectivity index (χ2v) is 5.14. The Kier molecular flexibility index (Phi) is 4.38. The van der Waals surface area contributed by atoms with E-state index in [4.69, 9.17) is 4.74 Å². The Morgan fingerprint density at radius 1 is 1.21 bits per heavy atom. The van der Waals surface area contributed by atoms with E-state index in [2.05, 4.69) is 15.9 Å². The molecule has 98 valence electrons. The third kappa shape index (κ3) is 3.24. The highest BCUT2D eigenvalue weighted by Gasteiger charge is 2.11. The van der Waals surface area contributed by atoms with Crippen LogP contribution in [-0.2, 0) is 0 Å². The highest BCUT2D eigenvalue weighted by atomic mass is 79.9. The van der Waals surface area contributed by atoms with Gasteiger partial charge < -0.3 is 4.74 Å². The molecule has 0 fully saturated rings. The molecule has 0 amide bonds. The van der Waals surface area contributed by atoms with Crippen molar-refractivity contribution in [1.29, 1.82) is 0 Å². The molecule has 19 heavy (non-hydrogen) atoms. The smallest absolute Gasteiger partial charge is 0.166 e. The normalized spacial score (nSPS) is 10.3. The average Bonchev–Trinajstić information content (AvgIpc) is 2.43. The third-order valence-electron chi connectivity index (χ3n) is 2.87. The van der Waals surface area contributed by atoms with E-state index in [9.17, 15) is 4.79 Å². The minimum absolute atomic E-state index is 0.0874. The maximum atomic E-state index is 11.9. The van der Waals surface area contributed by atoms with Crippen LogP contribution < -0.4 is 4.74 Å².